The van der Waals surface area contributed by atoms with E-state index in [0.717, 1.165) is 57.8 Å². The number of hydrogen-bond donors (Lipinski definition) is 0. The van der Waals surface area contributed by atoms with Crippen molar-refractivity contribution in [1.82, 2.24) is 0 Å². The molecule has 0 aromatic heterocycles. The van der Waals surface area contributed by atoms with Crippen molar-refractivity contribution < 1.29 is 18.7 Å². The van der Waals surface area contributed by atoms with Crippen LogP contribution in [0.2, 0.25) is 0 Å². The van der Waals surface area contributed by atoms with Gasteiger partial charge in [-0.3, -0.25) is 9.59 Å². The SMILES string of the molecule is CCCCCCC(=O)C(F)C#CCCCCCCCC(=O)OC. The number of carbonyl (C=O) groups is 2. The molecule has 0 heterocycles. The highest BCUT2D eigenvalue weighted by Gasteiger charge is 2.12. The van der Waals surface area contributed by atoms with Crippen LogP contribution in [-0.2, 0) is 14.3 Å². The maximum absolute atomic E-state index is 13.5. The smallest absolute Gasteiger partial charge is 0.305 e. The van der Waals surface area contributed by atoms with Crippen LogP contribution in [0.5, 0.6) is 0 Å². The molecule has 23 heavy (non-hydrogen) atoms. The van der Waals surface area contributed by atoms with E-state index in [1.807, 2.05) is 0 Å². The predicted octanol–water partition coefficient (Wildman–Crippen LogP) is 4.77. The lowest BCUT2D eigenvalue weighted by atomic mass is 10.1. The molecule has 0 saturated heterocycles. The number of methoxy groups -OCH3 is 1. The van der Waals surface area contributed by atoms with Crippen LogP contribution in [0.3, 0.4) is 0 Å². The van der Waals surface area contributed by atoms with Gasteiger partial charge in [0.15, 0.2) is 5.78 Å². The Balaban J connectivity index is 3.55. The summed E-state index contributed by atoms with van der Waals surface area (Å²) in [5.74, 6) is 4.65. The Labute approximate surface area is 140 Å². The zero-order chi connectivity index (χ0) is 17.3. The summed E-state index contributed by atoms with van der Waals surface area (Å²) in [6.07, 6.45) is 8.52. The largest absolute Gasteiger partial charge is 0.469 e. The minimum atomic E-state index is -1.61. The fraction of sp³-hybridized carbons (Fsp3) is 0.789. The quantitative estimate of drug-likeness (QED) is 0.278. The summed E-state index contributed by atoms with van der Waals surface area (Å²) in [6, 6.07) is 0. The number of alkyl halides is 1. The summed E-state index contributed by atoms with van der Waals surface area (Å²) >= 11 is 0. The lowest BCUT2D eigenvalue weighted by Crippen LogP contribution is -2.12. The van der Waals surface area contributed by atoms with E-state index in [4.69, 9.17) is 0 Å². The maximum Gasteiger partial charge on any atom is 0.305 e. The van der Waals surface area contributed by atoms with Crippen molar-refractivity contribution in [3.63, 3.8) is 0 Å². The molecule has 0 radical (unpaired) electrons. The molecule has 4 heteroatoms. The van der Waals surface area contributed by atoms with Crippen LogP contribution in [0.25, 0.3) is 0 Å². The first-order valence-corrected chi connectivity index (χ1v) is 8.83. The van der Waals surface area contributed by atoms with Gasteiger partial charge in [-0.1, -0.05) is 57.3 Å². The van der Waals surface area contributed by atoms with Gasteiger partial charge in [-0.15, -0.1) is 0 Å². The second-order valence-electron chi connectivity index (χ2n) is 5.80. The highest BCUT2D eigenvalue weighted by molar-refractivity contribution is 5.85. The lowest BCUT2D eigenvalue weighted by molar-refractivity contribution is -0.140. The van der Waals surface area contributed by atoms with Crippen molar-refractivity contribution in [1.29, 1.82) is 0 Å². The minimum absolute atomic E-state index is 0.163. The number of hydrogen-bond acceptors (Lipinski definition) is 3. The lowest BCUT2D eigenvalue weighted by Gasteiger charge is -2.01. The molecular formula is C19H31FO3. The Kier molecular flexibility index (Phi) is 14.6. The number of halogens is 1. The van der Waals surface area contributed by atoms with Crippen LogP contribution in [0.4, 0.5) is 4.39 Å². The molecule has 0 aliphatic rings. The van der Waals surface area contributed by atoms with Crippen molar-refractivity contribution in [2.24, 2.45) is 0 Å². The Bertz CT molecular complexity index is 382. The van der Waals surface area contributed by atoms with Gasteiger partial charge >= 0.3 is 5.97 Å². The number of Topliss-reactive ketones (excluding diaryl/α,β-unsaturated/α-hetero) is 1. The summed E-state index contributed by atoms with van der Waals surface area (Å²) in [4.78, 5) is 22.4. The fourth-order valence-corrected chi connectivity index (χ4v) is 2.21. The van der Waals surface area contributed by atoms with Gasteiger partial charge in [-0.25, -0.2) is 4.39 Å². The molecule has 1 atom stereocenters. The van der Waals surface area contributed by atoms with E-state index in [9.17, 15) is 14.0 Å². The van der Waals surface area contributed by atoms with E-state index < -0.39 is 6.17 Å². The number of carbonyl (C=O) groups excluding carboxylic acids is 2. The van der Waals surface area contributed by atoms with Crippen LogP contribution in [0.15, 0.2) is 0 Å². The molecule has 0 N–H and O–H groups in total. The van der Waals surface area contributed by atoms with Gasteiger partial charge in [-0.05, 0) is 19.3 Å². The van der Waals surface area contributed by atoms with E-state index in [0.29, 0.717) is 19.3 Å². The van der Waals surface area contributed by atoms with E-state index in [-0.39, 0.29) is 11.8 Å². The molecular weight excluding hydrogens is 295 g/mol. The van der Waals surface area contributed by atoms with Crippen molar-refractivity contribution >= 4 is 11.8 Å². The van der Waals surface area contributed by atoms with Gasteiger partial charge in [-0.2, -0.15) is 0 Å². The zero-order valence-electron chi connectivity index (χ0n) is 14.7. The van der Waals surface area contributed by atoms with Crippen molar-refractivity contribution in [3.8, 4) is 11.8 Å². The molecule has 0 aliphatic heterocycles. The number of ketones is 1. The Morgan fingerprint density at radius 3 is 2.26 bits per heavy atom. The van der Waals surface area contributed by atoms with Crippen LogP contribution in [0.1, 0.15) is 84.0 Å². The van der Waals surface area contributed by atoms with E-state index >= 15 is 0 Å². The Morgan fingerprint density at radius 2 is 1.57 bits per heavy atom. The van der Waals surface area contributed by atoms with E-state index in [2.05, 4.69) is 23.5 Å². The second-order valence-corrected chi connectivity index (χ2v) is 5.80. The average molecular weight is 326 g/mol. The average Bonchev–Trinajstić information content (AvgIpc) is 2.56. The zero-order valence-corrected chi connectivity index (χ0v) is 14.7. The third-order valence-corrected chi connectivity index (χ3v) is 3.70. The molecule has 0 aliphatic carbocycles. The minimum Gasteiger partial charge on any atom is -0.469 e. The van der Waals surface area contributed by atoms with Crippen LogP contribution in [0, 0.1) is 11.8 Å². The maximum atomic E-state index is 13.5. The van der Waals surface area contributed by atoms with E-state index in [1.54, 1.807) is 0 Å². The highest BCUT2D eigenvalue weighted by Crippen LogP contribution is 2.08. The van der Waals surface area contributed by atoms with Gasteiger partial charge in [0.05, 0.1) is 7.11 Å². The molecule has 3 nitrogen and oxygen atoms in total. The van der Waals surface area contributed by atoms with Gasteiger partial charge in [0.1, 0.15) is 0 Å². The number of rotatable bonds is 13. The monoisotopic (exact) mass is 326 g/mol. The molecule has 0 saturated carbocycles. The Hall–Kier alpha value is -1.37. The third kappa shape index (κ3) is 14.0. The molecule has 132 valence electrons. The molecule has 1 unspecified atom stereocenters. The molecule has 0 fully saturated rings. The van der Waals surface area contributed by atoms with E-state index in [1.165, 1.54) is 7.11 Å². The summed E-state index contributed by atoms with van der Waals surface area (Å²) in [7, 11) is 1.40. The first-order chi connectivity index (χ1) is 11.1. The molecule has 0 spiro atoms. The summed E-state index contributed by atoms with van der Waals surface area (Å²) < 4.78 is 18.1. The van der Waals surface area contributed by atoms with Crippen molar-refractivity contribution in [2.75, 3.05) is 7.11 Å². The molecule has 0 aromatic carbocycles. The normalized spacial score (nSPS) is 11.4. The van der Waals surface area contributed by atoms with Crippen molar-refractivity contribution in [2.45, 2.75) is 90.1 Å². The molecule has 0 amide bonds. The summed E-state index contributed by atoms with van der Waals surface area (Å²) in [6.45, 7) is 2.10. The van der Waals surface area contributed by atoms with Crippen LogP contribution < -0.4 is 0 Å². The van der Waals surface area contributed by atoms with Gasteiger partial charge in [0.2, 0.25) is 6.17 Å². The van der Waals surface area contributed by atoms with Crippen LogP contribution >= 0.6 is 0 Å². The van der Waals surface area contributed by atoms with Crippen molar-refractivity contribution in [3.05, 3.63) is 0 Å². The predicted molar refractivity (Wildman–Crippen MR) is 90.8 cm³/mol. The number of unbranched alkanes of at least 4 members (excludes halogenated alkanes) is 8. The Morgan fingerprint density at radius 1 is 0.957 bits per heavy atom. The topological polar surface area (TPSA) is 43.4 Å². The standard InChI is InChI=1S/C19H31FO3/c1-3-4-5-12-15-18(21)17(20)14-11-9-7-6-8-10-13-16-19(22)23-2/h17H,3-10,12-13,15-16H2,1-2H3. The number of esters is 1. The number of ether oxygens (including phenoxy) is 1. The molecule has 0 rings (SSSR count). The second kappa shape index (κ2) is 15.5. The summed E-state index contributed by atoms with van der Waals surface area (Å²) in [5, 5.41) is 0. The van der Waals surface area contributed by atoms with Gasteiger partial charge in [0, 0.05) is 19.3 Å². The van der Waals surface area contributed by atoms with Gasteiger partial charge < -0.3 is 4.74 Å². The fourth-order valence-electron chi connectivity index (χ4n) is 2.21. The molecule has 0 bridgehead atoms. The van der Waals surface area contributed by atoms with Crippen LogP contribution in [-0.4, -0.2) is 25.0 Å². The van der Waals surface area contributed by atoms with Gasteiger partial charge in [0.25, 0.3) is 0 Å². The first-order valence-electron chi connectivity index (χ1n) is 8.83. The third-order valence-electron chi connectivity index (χ3n) is 3.70. The highest BCUT2D eigenvalue weighted by atomic mass is 19.1. The molecule has 0 aromatic rings. The first kappa shape index (κ1) is 21.6. The summed E-state index contributed by atoms with van der Waals surface area (Å²) in [5.41, 5.74) is 0.